The highest BCUT2D eigenvalue weighted by atomic mass is 15.3. The molecule has 0 bridgehead atoms. The van der Waals surface area contributed by atoms with Crippen molar-refractivity contribution in [2.24, 2.45) is 10.8 Å². The van der Waals surface area contributed by atoms with Crippen LogP contribution in [0.1, 0.15) is 0 Å². The highest BCUT2D eigenvalue weighted by molar-refractivity contribution is 6.45. The minimum Gasteiger partial charge on any atom is -0.382 e. The van der Waals surface area contributed by atoms with E-state index in [-0.39, 0.29) is 11.5 Å². The van der Waals surface area contributed by atoms with Gasteiger partial charge >= 0.3 is 0 Å². The standard InChI is InChI=1S/C21H17N5/c22-14-20(21(23)24)26-25-19-12-10-18(11-13-19)17-8-6-16(7-9-17)15-4-2-1-3-5-15/h1-13,25H,(H3,23,24)/b26-20+. The number of hydrogen-bond donors (Lipinski definition) is 3. The molecule has 3 aromatic rings. The van der Waals surface area contributed by atoms with Crippen molar-refractivity contribution in [3.63, 3.8) is 0 Å². The summed E-state index contributed by atoms with van der Waals surface area (Å²) >= 11 is 0. The van der Waals surface area contributed by atoms with E-state index in [2.05, 4.69) is 46.9 Å². The summed E-state index contributed by atoms with van der Waals surface area (Å²) in [5, 5.41) is 19.9. The van der Waals surface area contributed by atoms with Gasteiger partial charge in [0.2, 0.25) is 5.71 Å². The Labute approximate surface area is 151 Å². The van der Waals surface area contributed by atoms with Crippen LogP contribution in [0.4, 0.5) is 5.69 Å². The van der Waals surface area contributed by atoms with E-state index in [1.165, 1.54) is 11.1 Å². The van der Waals surface area contributed by atoms with E-state index < -0.39 is 0 Å². The second kappa shape index (κ2) is 7.77. The molecule has 0 radical (unpaired) electrons. The molecule has 0 aliphatic carbocycles. The van der Waals surface area contributed by atoms with Crippen LogP contribution in [0.2, 0.25) is 0 Å². The number of hydrogen-bond acceptors (Lipinski definition) is 4. The lowest BCUT2D eigenvalue weighted by atomic mass is 10.0. The second-order valence-electron chi connectivity index (χ2n) is 5.62. The number of benzene rings is 3. The Balaban J connectivity index is 1.75. The zero-order valence-electron chi connectivity index (χ0n) is 14.0. The Bertz CT molecular complexity index is 966. The largest absolute Gasteiger partial charge is 0.382 e. The van der Waals surface area contributed by atoms with Gasteiger partial charge in [0.25, 0.3) is 0 Å². The summed E-state index contributed by atoms with van der Waals surface area (Å²) < 4.78 is 0. The van der Waals surface area contributed by atoms with E-state index in [1.54, 1.807) is 6.07 Å². The zero-order chi connectivity index (χ0) is 18.4. The average molecular weight is 339 g/mol. The first kappa shape index (κ1) is 16.9. The van der Waals surface area contributed by atoms with Crippen LogP contribution in [0.3, 0.4) is 0 Å². The van der Waals surface area contributed by atoms with Gasteiger partial charge < -0.3 is 5.73 Å². The first-order chi connectivity index (χ1) is 12.7. The van der Waals surface area contributed by atoms with Crippen LogP contribution < -0.4 is 11.2 Å². The topological polar surface area (TPSA) is 98.0 Å². The summed E-state index contributed by atoms with van der Waals surface area (Å²) in [5.41, 5.74) is 13.1. The predicted octanol–water partition coefficient (Wildman–Crippen LogP) is 4.25. The Kier molecular flexibility index (Phi) is 5.06. The first-order valence-corrected chi connectivity index (χ1v) is 8.01. The number of nitrogens with zero attached hydrogens (tertiary/aromatic N) is 2. The lowest BCUT2D eigenvalue weighted by Gasteiger charge is -2.06. The number of amidine groups is 1. The number of hydrazone groups is 1. The van der Waals surface area contributed by atoms with Crippen LogP contribution in [0, 0.1) is 16.7 Å². The molecule has 0 saturated carbocycles. The maximum absolute atomic E-state index is 8.83. The normalized spacial score (nSPS) is 10.8. The van der Waals surface area contributed by atoms with Crippen molar-refractivity contribution in [3.05, 3.63) is 78.9 Å². The van der Waals surface area contributed by atoms with Gasteiger partial charge in [-0.05, 0) is 34.4 Å². The summed E-state index contributed by atoms with van der Waals surface area (Å²) in [5.74, 6) is -0.366. The molecule has 0 aliphatic heterocycles. The van der Waals surface area contributed by atoms with E-state index in [0.717, 1.165) is 11.1 Å². The Morgan fingerprint density at radius 3 is 1.73 bits per heavy atom. The third-order valence-corrected chi connectivity index (χ3v) is 3.87. The van der Waals surface area contributed by atoms with Crippen molar-refractivity contribution < 1.29 is 0 Å². The van der Waals surface area contributed by atoms with Gasteiger partial charge in [-0.1, -0.05) is 66.7 Å². The smallest absolute Gasteiger partial charge is 0.201 e. The summed E-state index contributed by atoms with van der Waals surface area (Å²) in [4.78, 5) is 0. The van der Waals surface area contributed by atoms with Gasteiger partial charge in [0.05, 0.1) is 5.69 Å². The number of nitrogens with one attached hydrogen (secondary N) is 2. The second-order valence-corrected chi connectivity index (χ2v) is 5.62. The van der Waals surface area contributed by atoms with E-state index in [0.29, 0.717) is 5.69 Å². The SMILES string of the molecule is N#C/C(=N\Nc1ccc(-c2ccc(-c3ccccc3)cc2)cc1)C(=N)N. The van der Waals surface area contributed by atoms with Crippen molar-refractivity contribution in [1.82, 2.24) is 0 Å². The van der Waals surface area contributed by atoms with Crippen LogP contribution >= 0.6 is 0 Å². The molecule has 0 aromatic heterocycles. The molecular formula is C21H17N5. The summed E-state index contributed by atoms with van der Waals surface area (Å²) in [6.45, 7) is 0. The fraction of sp³-hybridized carbons (Fsp3) is 0. The number of nitriles is 1. The van der Waals surface area contributed by atoms with E-state index in [9.17, 15) is 0 Å². The van der Waals surface area contributed by atoms with Crippen molar-refractivity contribution in [1.29, 1.82) is 10.7 Å². The molecule has 0 amide bonds. The van der Waals surface area contributed by atoms with Gasteiger partial charge in [-0.15, -0.1) is 0 Å². The van der Waals surface area contributed by atoms with Gasteiger partial charge in [0.15, 0.2) is 5.84 Å². The monoisotopic (exact) mass is 339 g/mol. The van der Waals surface area contributed by atoms with Crippen molar-refractivity contribution in [2.45, 2.75) is 0 Å². The van der Waals surface area contributed by atoms with Crippen LogP contribution in [-0.2, 0) is 0 Å². The maximum Gasteiger partial charge on any atom is 0.201 e. The molecule has 0 heterocycles. The van der Waals surface area contributed by atoms with Crippen molar-refractivity contribution >= 4 is 17.2 Å². The van der Waals surface area contributed by atoms with Crippen LogP contribution in [0.5, 0.6) is 0 Å². The minimum absolute atomic E-state index is 0.148. The molecule has 0 atom stereocenters. The van der Waals surface area contributed by atoms with Gasteiger partial charge in [-0.2, -0.15) is 10.4 Å². The molecule has 0 aliphatic rings. The molecule has 0 spiro atoms. The zero-order valence-corrected chi connectivity index (χ0v) is 14.0. The Hall–Kier alpha value is -3.91. The molecule has 5 heteroatoms. The summed E-state index contributed by atoms with van der Waals surface area (Å²) in [7, 11) is 0. The average Bonchev–Trinajstić information content (AvgIpc) is 2.69. The van der Waals surface area contributed by atoms with Gasteiger partial charge in [0, 0.05) is 0 Å². The Morgan fingerprint density at radius 1 is 0.808 bits per heavy atom. The minimum atomic E-state index is -0.366. The summed E-state index contributed by atoms with van der Waals surface area (Å²) in [6.07, 6.45) is 0. The molecule has 3 aromatic carbocycles. The van der Waals surface area contributed by atoms with Crippen LogP contribution in [-0.4, -0.2) is 11.5 Å². The highest BCUT2D eigenvalue weighted by Crippen LogP contribution is 2.25. The fourth-order valence-corrected chi connectivity index (χ4v) is 2.49. The quantitative estimate of drug-likeness (QED) is 0.368. The maximum atomic E-state index is 8.83. The third-order valence-electron chi connectivity index (χ3n) is 3.87. The van der Waals surface area contributed by atoms with Gasteiger partial charge in [0.1, 0.15) is 6.07 Å². The molecule has 0 saturated heterocycles. The predicted molar refractivity (Wildman–Crippen MR) is 106 cm³/mol. The summed E-state index contributed by atoms with van der Waals surface area (Å²) in [6, 6.07) is 28.1. The number of anilines is 1. The molecular weight excluding hydrogens is 322 g/mol. The first-order valence-electron chi connectivity index (χ1n) is 8.01. The molecule has 26 heavy (non-hydrogen) atoms. The van der Waals surface area contributed by atoms with E-state index >= 15 is 0 Å². The molecule has 5 nitrogen and oxygen atoms in total. The molecule has 0 fully saturated rings. The lowest BCUT2D eigenvalue weighted by molar-refractivity contribution is 1.33. The number of rotatable bonds is 5. The molecule has 0 unspecified atom stereocenters. The highest BCUT2D eigenvalue weighted by Gasteiger charge is 2.02. The Morgan fingerprint density at radius 2 is 1.27 bits per heavy atom. The van der Waals surface area contributed by atoms with Crippen LogP contribution in [0.15, 0.2) is 84.0 Å². The van der Waals surface area contributed by atoms with E-state index in [4.69, 9.17) is 16.4 Å². The lowest BCUT2D eigenvalue weighted by Crippen LogP contribution is -2.21. The van der Waals surface area contributed by atoms with E-state index in [1.807, 2.05) is 42.5 Å². The van der Waals surface area contributed by atoms with Crippen molar-refractivity contribution in [2.75, 3.05) is 5.43 Å². The fourth-order valence-electron chi connectivity index (χ4n) is 2.49. The third kappa shape index (κ3) is 3.94. The molecule has 4 N–H and O–H groups in total. The van der Waals surface area contributed by atoms with Crippen LogP contribution in [0.25, 0.3) is 22.3 Å². The van der Waals surface area contributed by atoms with Gasteiger partial charge in [-0.3, -0.25) is 10.8 Å². The van der Waals surface area contributed by atoms with Gasteiger partial charge in [-0.25, -0.2) is 0 Å². The molecule has 126 valence electrons. The molecule has 3 rings (SSSR count). The van der Waals surface area contributed by atoms with Crippen molar-refractivity contribution in [3.8, 4) is 28.3 Å². The number of nitrogens with two attached hydrogens (primary N) is 1.